The van der Waals surface area contributed by atoms with Crippen molar-refractivity contribution in [3.05, 3.63) is 59.9 Å². The quantitative estimate of drug-likeness (QED) is 0.921. The molecule has 0 aliphatic carbocycles. The Kier molecular flexibility index (Phi) is 4.36. The third-order valence-corrected chi connectivity index (χ3v) is 4.16. The van der Waals surface area contributed by atoms with Gasteiger partial charge in [0.2, 0.25) is 10.0 Å². The fourth-order valence-corrected chi connectivity index (χ4v) is 2.80. The summed E-state index contributed by atoms with van der Waals surface area (Å²) in [7, 11) is -2.34. The topological polar surface area (TPSA) is 55.4 Å². The predicted octanol–water partition coefficient (Wildman–Crippen LogP) is 2.31. The lowest BCUT2D eigenvalue weighted by Crippen LogP contribution is -2.24. The van der Waals surface area contributed by atoms with Crippen LogP contribution in [0.3, 0.4) is 0 Å². The molecule has 2 aromatic carbocycles. The van der Waals surface area contributed by atoms with Crippen LogP contribution in [-0.4, -0.2) is 15.5 Å². The molecule has 0 unspecified atom stereocenters. The van der Waals surface area contributed by atoms with Crippen molar-refractivity contribution in [3.63, 3.8) is 0 Å². The van der Waals surface area contributed by atoms with Gasteiger partial charge < -0.3 is 4.74 Å². The lowest BCUT2D eigenvalue weighted by molar-refractivity contribution is 0.414. The molecule has 106 valence electrons. The summed E-state index contributed by atoms with van der Waals surface area (Å²) in [6.45, 7) is 0.0634. The average molecular weight is 295 g/mol. The average Bonchev–Trinajstić information content (AvgIpc) is 2.46. The molecule has 2 aromatic rings. The van der Waals surface area contributed by atoms with E-state index in [1.165, 1.54) is 25.3 Å². The van der Waals surface area contributed by atoms with Crippen molar-refractivity contribution in [2.75, 3.05) is 7.11 Å². The highest BCUT2D eigenvalue weighted by Crippen LogP contribution is 2.15. The van der Waals surface area contributed by atoms with E-state index in [-0.39, 0.29) is 11.4 Å². The lowest BCUT2D eigenvalue weighted by Gasteiger charge is -2.08. The van der Waals surface area contributed by atoms with E-state index in [0.29, 0.717) is 5.75 Å². The highest BCUT2D eigenvalue weighted by Gasteiger charge is 2.17. The number of hydrogen-bond acceptors (Lipinski definition) is 3. The fourth-order valence-electron chi connectivity index (χ4n) is 1.70. The molecule has 0 aliphatic rings. The van der Waals surface area contributed by atoms with Gasteiger partial charge in [0.05, 0.1) is 7.11 Å². The second-order valence-corrected chi connectivity index (χ2v) is 5.84. The summed E-state index contributed by atoms with van der Waals surface area (Å²) in [4.78, 5) is -0.358. The van der Waals surface area contributed by atoms with Crippen LogP contribution in [0.15, 0.2) is 53.4 Å². The van der Waals surface area contributed by atoms with E-state index < -0.39 is 15.8 Å². The summed E-state index contributed by atoms with van der Waals surface area (Å²) in [6.07, 6.45) is 0. The van der Waals surface area contributed by atoms with Gasteiger partial charge in [-0.2, -0.15) is 0 Å². The lowest BCUT2D eigenvalue weighted by atomic mass is 10.2. The molecule has 0 fully saturated rings. The molecule has 0 heterocycles. The summed E-state index contributed by atoms with van der Waals surface area (Å²) in [5.74, 6) is -0.141. The minimum absolute atomic E-state index is 0.0634. The Balaban J connectivity index is 2.15. The maximum atomic E-state index is 13.5. The normalized spacial score (nSPS) is 11.3. The Labute approximate surface area is 117 Å². The number of nitrogens with one attached hydrogen (secondary N) is 1. The molecular weight excluding hydrogens is 281 g/mol. The van der Waals surface area contributed by atoms with Gasteiger partial charge in [-0.1, -0.05) is 24.3 Å². The monoisotopic (exact) mass is 295 g/mol. The Morgan fingerprint density at radius 3 is 2.60 bits per heavy atom. The van der Waals surface area contributed by atoms with Gasteiger partial charge >= 0.3 is 0 Å². The van der Waals surface area contributed by atoms with Crippen LogP contribution >= 0.6 is 0 Å². The van der Waals surface area contributed by atoms with Crippen LogP contribution in [0.4, 0.5) is 4.39 Å². The van der Waals surface area contributed by atoms with Crippen LogP contribution in [0, 0.1) is 5.82 Å². The first-order valence-electron chi connectivity index (χ1n) is 5.90. The zero-order chi connectivity index (χ0) is 14.6. The summed E-state index contributed by atoms with van der Waals surface area (Å²) in [5, 5.41) is 0. The first kappa shape index (κ1) is 14.5. The van der Waals surface area contributed by atoms with E-state index in [1.54, 1.807) is 24.3 Å². The van der Waals surface area contributed by atoms with Crippen molar-refractivity contribution in [2.24, 2.45) is 0 Å². The van der Waals surface area contributed by atoms with Crippen molar-refractivity contribution >= 4 is 10.0 Å². The fraction of sp³-hybridized carbons (Fsp3) is 0.143. The number of sulfonamides is 1. The SMILES string of the molecule is COc1cccc(CNS(=O)(=O)c2ccccc2F)c1. The van der Waals surface area contributed by atoms with E-state index in [2.05, 4.69) is 4.72 Å². The molecule has 0 atom stereocenters. The molecule has 0 saturated carbocycles. The molecule has 0 aromatic heterocycles. The molecule has 0 amide bonds. The minimum atomic E-state index is -3.87. The highest BCUT2D eigenvalue weighted by molar-refractivity contribution is 7.89. The van der Waals surface area contributed by atoms with Gasteiger partial charge in [0.1, 0.15) is 16.5 Å². The van der Waals surface area contributed by atoms with Crippen molar-refractivity contribution in [1.29, 1.82) is 0 Å². The zero-order valence-electron chi connectivity index (χ0n) is 10.8. The summed E-state index contributed by atoms with van der Waals surface area (Å²) in [5.41, 5.74) is 0.726. The Morgan fingerprint density at radius 2 is 1.90 bits per heavy atom. The predicted molar refractivity (Wildman–Crippen MR) is 73.4 cm³/mol. The first-order chi connectivity index (χ1) is 9.53. The molecule has 2 rings (SSSR count). The smallest absolute Gasteiger partial charge is 0.243 e. The molecule has 0 spiro atoms. The van der Waals surface area contributed by atoms with E-state index in [9.17, 15) is 12.8 Å². The molecule has 0 aliphatic heterocycles. The van der Waals surface area contributed by atoms with Crippen LogP contribution in [0.25, 0.3) is 0 Å². The Morgan fingerprint density at radius 1 is 1.15 bits per heavy atom. The van der Waals surface area contributed by atoms with Crippen LogP contribution in [-0.2, 0) is 16.6 Å². The van der Waals surface area contributed by atoms with Gasteiger partial charge in [-0.05, 0) is 29.8 Å². The maximum Gasteiger partial charge on any atom is 0.243 e. The molecule has 4 nitrogen and oxygen atoms in total. The molecular formula is C14H14FNO3S. The molecule has 0 bridgehead atoms. The number of ether oxygens (including phenoxy) is 1. The number of rotatable bonds is 5. The van der Waals surface area contributed by atoms with Crippen LogP contribution in [0.1, 0.15) is 5.56 Å². The summed E-state index contributed by atoms with van der Waals surface area (Å²) < 4.78 is 44.9. The van der Waals surface area contributed by atoms with Crippen LogP contribution in [0.2, 0.25) is 0 Å². The van der Waals surface area contributed by atoms with Gasteiger partial charge in [0.25, 0.3) is 0 Å². The van der Waals surface area contributed by atoms with Crippen molar-refractivity contribution in [1.82, 2.24) is 4.72 Å². The first-order valence-corrected chi connectivity index (χ1v) is 7.38. The van der Waals surface area contributed by atoms with Gasteiger partial charge in [0, 0.05) is 6.54 Å². The summed E-state index contributed by atoms with van der Waals surface area (Å²) >= 11 is 0. The standard InChI is InChI=1S/C14H14FNO3S/c1-19-12-6-4-5-11(9-12)10-16-20(17,18)14-8-3-2-7-13(14)15/h2-9,16H,10H2,1H3. The van der Waals surface area contributed by atoms with Crippen LogP contribution < -0.4 is 9.46 Å². The van der Waals surface area contributed by atoms with Gasteiger partial charge in [-0.25, -0.2) is 17.5 Å². The molecule has 20 heavy (non-hydrogen) atoms. The Bertz CT molecular complexity index is 701. The van der Waals surface area contributed by atoms with E-state index in [0.717, 1.165) is 11.6 Å². The number of methoxy groups -OCH3 is 1. The molecule has 1 N–H and O–H groups in total. The second-order valence-electron chi connectivity index (χ2n) is 4.11. The highest BCUT2D eigenvalue weighted by atomic mass is 32.2. The van der Waals surface area contributed by atoms with Crippen molar-refractivity contribution in [3.8, 4) is 5.75 Å². The third kappa shape index (κ3) is 3.34. The van der Waals surface area contributed by atoms with Crippen molar-refractivity contribution in [2.45, 2.75) is 11.4 Å². The minimum Gasteiger partial charge on any atom is -0.497 e. The van der Waals surface area contributed by atoms with Gasteiger partial charge in [0.15, 0.2) is 0 Å². The molecule has 0 saturated heterocycles. The van der Waals surface area contributed by atoms with Crippen LogP contribution in [0.5, 0.6) is 5.75 Å². The number of halogens is 1. The summed E-state index contributed by atoms with van der Waals surface area (Å²) in [6, 6.07) is 12.2. The molecule has 0 radical (unpaired) electrons. The van der Waals surface area contributed by atoms with Crippen molar-refractivity contribution < 1.29 is 17.5 Å². The largest absolute Gasteiger partial charge is 0.497 e. The third-order valence-electron chi connectivity index (χ3n) is 2.73. The second kappa shape index (κ2) is 6.02. The van der Waals surface area contributed by atoms with E-state index in [1.807, 2.05) is 0 Å². The Hall–Kier alpha value is -1.92. The van der Waals surface area contributed by atoms with E-state index >= 15 is 0 Å². The number of hydrogen-bond donors (Lipinski definition) is 1. The zero-order valence-corrected chi connectivity index (χ0v) is 11.7. The maximum absolute atomic E-state index is 13.5. The molecule has 6 heteroatoms. The van der Waals surface area contributed by atoms with E-state index in [4.69, 9.17) is 4.74 Å². The van der Waals surface area contributed by atoms with Gasteiger partial charge in [-0.3, -0.25) is 0 Å². The number of benzene rings is 2. The van der Waals surface area contributed by atoms with Gasteiger partial charge in [-0.15, -0.1) is 0 Å².